The van der Waals surface area contributed by atoms with E-state index in [4.69, 9.17) is 32.8 Å². The SMILES string of the molecule is O=C(CCCC(=O)On1c(O)ccc1O)OCc1c(C(F)(F)F)nc2c(NC(=O)c3c(Cl)cccc3Cl)cccn12. The summed E-state index contributed by atoms with van der Waals surface area (Å²) in [6.07, 6.45) is -4.45. The van der Waals surface area contributed by atoms with Crippen LogP contribution in [0.5, 0.6) is 11.8 Å². The van der Waals surface area contributed by atoms with Gasteiger partial charge in [0.25, 0.3) is 5.91 Å². The lowest BCUT2D eigenvalue weighted by molar-refractivity contribution is -0.150. The monoisotopic (exact) mass is 614 g/mol. The van der Waals surface area contributed by atoms with Gasteiger partial charge in [-0.05, 0) is 30.7 Å². The number of aromatic hydroxyl groups is 2. The van der Waals surface area contributed by atoms with Gasteiger partial charge in [0, 0.05) is 31.2 Å². The first-order chi connectivity index (χ1) is 19.4. The standard InChI is InChI=1S/C25H19Cl2F3N4O7/c26-13-4-1-5-14(27)21(13)24(39)31-15-6-3-11-33-16(22(25(28,29)30)32-23(15)33)12-40-19(37)7-2-8-20(38)41-34-17(35)9-10-18(34)36/h1,3-6,9-11,35-36H,2,7-8,12H2,(H,31,39). The van der Waals surface area contributed by atoms with E-state index in [2.05, 4.69) is 10.3 Å². The van der Waals surface area contributed by atoms with Crippen LogP contribution in [-0.2, 0) is 27.1 Å². The fourth-order valence-corrected chi connectivity index (χ4v) is 4.29. The summed E-state index contributed by atoms with van der Waals surface area (Å²) >= 11 is 12.1. The number of fused-ring (bicyclic) bond motifs is 1. The number of hydrogen-bond acceptors (Lipinski definition) is 8. The number of esters is 1. The Balaban J connectivity index is 1.45. The number of rotatable bonds is 9. The molecule has 0 radical (unpaired) electrons. The molecule has 41 heavy (non-hydrogen) atoms. The fourth-order valence-electron chi connectivity index (χ4n) is 3.72. The van der Waals surface area contributed by atoms with Crippen molar-refractivity contribution in [2.24, 2.45) is 0 Å². The number of aromatic nitrogens is 3. The molecule has 0 spiro atoms. The number of amides is 1. The molecule has 4 aromatic rings. The molecule has 0 saturated heterocycles. The van der Waals surface area contributed by atoms with Gasteiger partial charge in [0.2, 0.25) is 11.8 Å². The summed E-state index contributed by atoms with van der Waals surface area (Å²) in [4.78, 5) is 45.3. The number of ether oxygens (including phenoxy) is 1. The fraction of sp³-hybridized carbons (Fsp3) is 0.200. The molecule has 0 bridgehead atoms. The Morgan fingerprint density at radius 1 is 0.951 bits per heavy atom. The minimum atomic E-state index is -4.93. The third-order valence-corrected chi connectivity index (χ3v) is 6.21. The quantitative estimate of drug-likeness (QED) is 0.224. The molecule has 4 rings (SSSR count). The Kier molecular flexibility index (Phi) is 8.63. The predicted molar refractivity (Wildman–Crippen MR) is 138 cm³/mol. The lowest BCUT2D eigenvalue weighted by Gasteiger charge is -2.11. The van der Waals surface area contributed by atoms with Gasteiger partial charge in [-0.2, -0.15) is 13.2 Å². The number of nitrogens with one attached hydrogen (secondary N) is 1. The lowest BCUT2D eigenvalue weighted by atomic mass is 10.2. The number of benzene rings is 1. The number of pyridine rings is 1. The molecule has 3 aromatic heterocycles. The van der Waals surface area contributed by atoms with Gasteiger partial charge in [0.1, 0.15) is 6.61 Å². The summed E-state index contributed by atoms with van der Waals surface area (Å²) in [5, 5.41) is 21.5. The normalized spacial score (nSPS) is 11.4. The number of imidazole rings is 1. The van der Waals surface area contributed by atoms with E-state index in [9.17, 15) is 37.8 Å². The van der Waals surface area contributed by atoms with Crippen LogP contribution in [0.25, 0.3) is 5.65 Å². The number of hydrogen-bond donors (Lipinski definition) is 3. The molecule has 0 unspecified atom stereocenters. The van der Waals surface area contributed by atoms with E-state index in [1.54, 1.807) is 0 Å². The second-order valence-corrected chi connectivity index (χ2v) is 9.21. The first-order valence-corrected chi connectivity index (χ1v) is 12.4. The van der Waals surface area contributed by atoms with E-state index < -0.39 is 53.8 Å². The van der Waals surface area contributed by atoms with Crippen molar-refractivity contribution in [2.75, 3.05) is 5.32 Å². The highest BCUT2D eigenvalue weighted by atomic mass is 35.5. The minimum absolute atomic E-state index is 0.0307. The van der Waals surface area contributed by atoms with Gasteiger partial charge in [-0.3, -0.25) is 14.0 Å². The van der Waals surface area contributed by atoms with Crippen molar-refractivity contribution in [1.82, 2.24) is 14.1 Å². The Labute approximate surface area is 238 Å². The molecule has 0 saturated carbocycles. The molecule has 0 fully saturated rings. The second kappa shape index (κ2) is 12.0. The molecule has 1 amide bonds. The van der Waals surface area contributed by atoms with Crippen molar-refractivity contribution in [3.63, 3.8) is 0 Å². The van der Waals surface area contributed by atoms with Crippen LogP contribution in [0.2, 0.25) is 10.0 Å². The van der Waals surface area contributed by atoms with E-state index in [-0.39, 0.29) is 46.2 Å². The molecular formula is C25H19Cl2F3N4O7. The largest absolute Gasteiger partial charge is 0.492 e. The second-order valence-electron chi connectivity index (χ2n) is 8.39. The Hall–Kier alpha value is -4.43. The first kappa shape index (κ1) is 29.6. The Morgan fingerprint density at radius 2 is 1.59 bits per heavy atom. The van der Waals surface area contributed by atoms with Crippen LogP contribution in [-0.4, -0.2) is 42.2 Å². The number of anilines is 1. The minimum Gasteiger partial charge on any atom is -0.492 e. The number of carbonyl (C=O) groups excluding carboxylic acids is 3. The van der Waals surface area contributed by atoms with Crippen molar-refractivity contribution < 1.29 is 47.3 Å². The number of carbonyl (C=O) groups is 3. The van der Waals surface area contributed by atoms with Gasteiger partial charge >= 0.3 is 18.1 Å². The third kappa shape index (κ3) is 6.66. The van der Waals surface area contributed by atoms with Crippen LogP contribution >= 0.6 is 23.2 Å². The predicted octanol–water partition coefficient (Wildman–Crippen LogP) is 4.99. The van der Waals surface area contributed by atoms with Crippen LogP contribution in [0.4, 0.5) is 18.9 Å². The maximum Gasteiger partial charge on any atom is 0.435 e. The number of halogens is 5. The van der Waals surface area contributed by atoms with Gasteiger partial charge in [-0.25, -0.2) is 9.78 Å². The average molecular weight is 615 g/mol. The zero-order valence-corrected chi connectivity index (χ0v) is 22.1. The summed E-state index contributed by atoms with van der Waals surface area (Å²) in [7, 11) is 0. The highest BCUT2D eigenvalue weighted by molar-refractivity contribution is 6.40. The molecule has 216 valence electrons. The van der Waals surface area contributed by atoms with E-state index in [1.807, 2.05) is 0 Å². The molecule has 3 heterocycles. The summed E-state index contributed by atoms with van der Waals surface area (Å²) in [6.45, 7) is -0.821. The van der Waals surface area contributed by atoms with Crippen molar-refractivity contribution >= 4 is 52.4 Å². The van der Waals surface area contributed by atoms with Gasteiger partial charge in [0.05, 0.1) is 27.0 Å². The van der Waals surface area contributed by atoms with Crippen LogP contribution in [0.1, 0.15) is 41.0 Å². The first-order valence-electron chi connectivity index (χ1n) is 11.7. The van der Waals surface area contributed by atoms with E-state index in [0.29, 0.717) is 4.73 Å². The van der Waals surface area contributed by atoms with Crippen molar-refractivity contribution in [3.05, 3.63) is 75.7 Å². The maximum atomic E-state index is 13.9. The van der Waals surface area contributed by atoms with Gasteiger partial charge < -0.3 is 25.1 Å². The maximum absolute atomic E-state index is 13.9. The van der Waals surface area contributed by atoms with Crippen LogP contribution in [0.15, 0.2) is 48.7 Å². The third-order valence-electron chi connectivity index (χ3n) is 5.58. The molecule has 11 nitrogen and oxygen atoms in total. The highest BCUT2D eigenvalue weighted by Gasteiger charge is 2.38. The average Bonchev–Trinajstić information content (AvgIpc) is 3.43. The molecule has 0 aliphatic heterocycles. The van der Waals surface area contributed by atoms with Crippen LogP contribution < -0.4 is 10.2 Å². The van der Waals surface area contributed by atoms with Gasteiger partial charge in [-0.1, -0.05) is 29.3 Å². The molecule has 0 aliphatic rings. The number of alkyl halides is 3. The van der Waals surface area contributed by atoms with E-state index in [0.717, 1.165) is 16.5 Å². The molecular weight excluding hydrogens is 596 g/mol. The molecule has 0 atom stereocenters. The van der Waals surface area contributed by atoms with Crippen molar-refractivity contribution in [1.29, 1.82) is 0 Å². The van der Waals surface area contributed by atoms with E-state index in [1.165, 1.54) is 36.5 Å². The topological polar surface area (TPSA) is 144 Å². The zero-order chi connectivity index (χ0) is 29.9. The molecule has 16 heteroatoms. The van der Waals surface area contributed by atoms with Crippen LogP contribution in [0.3, 0.4) is 0 Å². The summed E-state index contributed by atoms with van der Waals surface area (Å²) in [6, 6.07) is 9.22. The zero-order valence-electron chi connectivity index (χ0n) is 20.6. The van der Waals surface area contributed by atoms with Crippen molar-refractivity contribution in [2.45, 2.75) is 32.0 Å². The number of nitrogens with zero attached hydrogens (tertiary/aromatic N) is 3. The Bertz CT molecular complexity index is 1600. The highest BCUT2D eigenvalue weighted by Crippen LogP contribution is 2.34. The van der Waals surface area contributed by atoms with Gasteiger partial charge in [0.15, 0.2) is 11.3 Å². The summed E-state index contributed by atoms with van der Waals surface area (Å²) in [5.74, 6) is -3.64. The van der Waals surface area contributed by atoms with Crippen LogP contribution in [0, 0.1) is 0 Å². The molecule has 1 aromatic carbocycles. The van der Waals surface area contributed by atoms with Gasteiger partial charge in [-0.15, -0.1) is 4.73 Å². The smallest absolute Gasteiger partial charge is 0.435 e. The molecule has 0 aliphatic carbocycles. The summed E-state index contributed by atoms with van der Waals surface area (Å²) < 4.78 is 48.1. The molecule has 3 N–H and O–H groups in total. The van der Waals surface area contributed by atoms with E-state index >= 15 is 0 Å². The van der Waals surface area contributed by atoms with Crippen molar-refractivity contribution in [3.8, 4) is 11.8 Å². The Morgan fingerprint density at radius 3 is 2.22 bits per heavy atom. The summed E-state index contributed by atoms with van der Waals surface area (Å²) in [5.41, 5.74) is -2.29. The lowest BCUT2D eigenvalue weighted by Crippen LogP contribution is -2.19.